The Balaban J connectivity index is 2.93. The van der Waals surface area contributed by atoms with E-state index in [1.54, 1.807) is 0 Å². The van der Waals surface area contributed by atoms with Gasteiger partial charge in [0.05, 0.1) is 0 Å². The van der Waals surface area contributed by atoms with Crippen LogP contribution < -0.4 is 10.2 Å². The molecule has 1 amide bonds. The second kappa shape index (κ2) is 7.37. The smallest absolute Gasteiger partial charge is 0.328 e. The van der Waals surface area contributed by atoms with Gasteiger partial charge in [-0.3, -0.25) is 4.79 Å². The Kier molecular flexibility index (Phi) is 5.83. The molecule has 7 heteroatoms. The van der Waals surface area contributed by atoms with E-state index in [-0.39, 0.29) is 30.1 Å². The first kappa shape index (κ1) is 16.6. The first-order chi connectivity index (χ1) is 9.85. The highest BCUT2D eigenvalue weighted by Crippen LogP contribution is 2.24. The van der Waals surface area contributed by atoms with E-state index in [2.05, 4.69) is 5.32 Å². The lowest BCUT2D eigenvalue weighted by molar-refractivity contribution is -0.131. The van der Waals surface area contributed by atoms with Crippen molar-refractivity contribution < 1.29 is 23.5 Å². The lowest BCUT2D eigenvalue weighted by Crippen LogP contribution is -2.27. The Morgan fingerprint density at radius 1 is 1.33 bits per heavy atom. The molecule has 1 aromatic carbocycles. The fraction of sp³-hybridized carbons (Fsp3) is 0.286. The number of amides is 1. The molecule has 0 aliphatic heterocycles. The van der Waals surface area contributed by atoms with Crippen LogP contribution in [0.15, 0.2) is 18.2 Å². The Morgan fingerprint density at radius 3 is 2.38 bits per heavy atom. The van der Waals surface area contributed by atoms with E-state index in [0.717, 1.165) is 24.3 Å². The van der Waals surface area contributed by atoms with Crippen LogP contribution in [0.3, 0.4) is 0 Å². The highest BCUT2D eigenvalue weighted by molar-refractivity contribution is 5.85. The molecule has 0 bridgehead atoms. The number of carbonyl (C=O) groups excluding carboxylic acids is 1. The molecule has 0 atom stereocenters. The summed E-state index contributed by atoms with van der Waals surface area (Å²) >= 11 is 0. The Hall–Kier alpha value is -2.44. The summed E-state index contributed by atoms with van der Waals surface area (Å²) < 4.78 is 27.9. The van der Waals surface area contributed by atoms with Gasteiger partial charge in [0, 0.05) is 33.1 Å². The van der Waals surface area contributed by atoms with Crippen molar-refractivity contribution in [2.45, 2.75) is 6.42 Å². The monoisotopic (exact) mass is 298 g/mol. The van der Waals surface area contributed by atoms with Crippen LogP contribution in [-0.4, -0.2) is 37.6 Å². The molecular formula is C14H16F2N2O3. The van der Waals surface area contributed by atoms with Gasteiger partial charge < -0.3 is 15.3 Å². The number of nitrogens with one attached hydrogen (secondary N) is 1. The SMILES string of the molecule is CNC(=O)CCN(C)c1c(F)cc(/C=C/C(=O)O)cc1F. The van der Waals surface area contributed by atoms with E-state index >= 15 is 0 Å². The minimum absolute atomic E-state index is 0.104. The van der Waals surface area contributed by atoms with E-state index in [1.807, 2.05) is 0 Å². The van der Waals surface area contributed by atoms with Crippen molar-refractivity contribution in [3.63, 3.8) is 0 Å². The summed E-state index contributed by atoms with van der Waals surface area (Å²) in [7, 11) is 2.95. The predicted molar refractivity (Wildman–Crippen MR) is 75.0 cm³/mol. The largest absolute Gasteiger partial charge is 0.478 e. The predicted octanol–water partition coefficient (Wildman–Crippen LogP) is 1.63. The number of hydrogen-bond acceptors (Lipinski definition) is 3. The molecule has 0 saturated carbocycles. The molecule has 0 spiro atoms. The molecule has 0 aliphatic carbocycles. The van der Waals surface area contributed by atoms with Crippen molar-refractivity contribution >= 4 is 23.6 Å². The van der Waals surface area contributed by atoms with Gasteiger partial charge in [0.15, 0.2) is 0 Å². The van der Waals surface area contributed by atoms with Crippen LogP contribution in [0.5, 0.6) is 0 Å². The Bertz CT molecular complexity index is 550. The van der Waals surface area contributed by atoms with Crippen LogP contribution in [0, 0.1) is 11.6 Å². The molecule has 0 saturated heterocycles. The number of carbonyl (C=O) groups is 2. The van der Waals surface area contributed by atoms with E-state index < -0.39 is 17.6 Å². The summed E-state index contributed by atoms with van der Waals surface area (Å²) in [4.78, 5) is 22.8. The Morgan fingerprint density at radius 2 is 1.90 bits per heavy atom. The number of rotatable bonds is 6. The van der Waals surface area contributed by atoms with Gasteiger partial charge in [0.2, 0.25) is 5.91 Å². The molecule has 1 aromatic rings. The molecule has 0 aromatic heterocycles. The molecule has 114 valence electrons. The zero-order chi connectivity index (χ0) is 16.0. The maximum atomic E-state index is 13.9. The summed E-state index contributed by atoms with van der Waals surface area (Å²) in [5.74, 6) is -3.08. The van der Waals surface area contributed by atoms with E-state index in [0.29, 0.717) is 0 Å². The number of hydrogen-bond donors (Lipinski definition) is 2. The summed E-state index contributed by atoms with van der Waals surface area (Å²) in [6, 6.07) is 2.07. The fourth-order valence-electron chi connectivity index (χ4n) is 1.72. The number of benzene rings is 1. The normalized spacial score (nSPS) is 10.7. The number of anilines is 1. The van der Waals surface area contributed by atoms with Crippen LogP contribution in [0.4, 0.5) is 14.5 Å². The number of nitrogens with zero attached hydrogens (tertiary/aromatic N) is 1. The van der Waals surface area contributed by atoms with Crippen molar-refractivity contribution in [2.24, 2.45) is 0 Å². The number of aliphatic carboxylic acids is 1. The standard InChI is InChI=1S/C14H16F2N2O3/c1-17-12(19)5-6-18(2)14-10(15)7-9(8-11(14)16)3-4-13(20)21/h3-4,7-8H,5-6H2,1-2H3,(H,17,19)(H,20,21)/b4-3+. The van der Waals surface area contributed by atoms with Crippen molar-refractivity contribution in [3.8, 4) is 0 Å². The summed E-state index contributed by atoms with van der Waals surface area (Å²) in [6.07, 6.45) is 2.00. The van der Waals surface area contributed by atoms with E-state index in [1.165, 1.54) is 19.0 Å². The van der Waals surface area contributed by atoms with Gasteiger partial charge in [-0.1, -0.05) is 0 Å². The van der Waals surface area contributed by atoms with Gasteiger partial charge in [0.1, 0.15) is 17.3 Å². The zero-order valence-electron chi connectivity index (χ0n) is 11.7. The maximum Gasteiger partial charge on any atom is 0.328 e. The quantitative estimate of drug-likeness (QED) is 0.783. The van der Waals surface area contributed by atoms with Crippen molar-refractivity contribution in [3.05, 3.63) is 35.4 Å². The van der Waals surface area contributed by atoms with Crippen LogP contribution in [0.1, 0.15) is 12.0 Å². The van der Waals surface area contributed by atoms with Crippen molar-refractivity contribution in [1.29, 1.82) is 0 Å². The summed E-state index contributed by atoms with van der Waals surface area (Å²) in [5.41, 5.74) is -0.151. The third kappa shape index (κ3) is 4.87. The van der Waals surface area contributed by atoms with Crippen molar-refractivity contribution in [1.82, 2.24) is 5.32 Å². The first-order valence-corrected chi connectivity index (χ1v) is 6.17. The number of carboxylic acids is 1. The minimum atomic E-state index is -1.21. The molecule has 0 fully saturated rings. The zero-order valence-corrected chi connectivity index (χ0v) is 11.7. The average Bonchev–Trinajstić information content (AvgIpc) is 2.41. The van der Waals surface area contributed by atoms with Gasteiger partial charge in [-0.25, -0.2) is 13.6 Å². The molecule has 5 nitrogen and oxygen atoms in total. The van der Waals surface area contributed by atoms with Crippen molar-refractivity contribution in [2.75, 3.05) is 25.5 Å². The molecule has 0 radical (unpaired) electrons. The lowest BCUT2D eigenvalue weighted by atomic mass is 10.1. The first-order valence-electron chi connectivity index (χ1n) is 6.17. The summed E-state index contributed by atoms with van der Waals surface area (Å²) in [6.45, 7) is 0.151. The van der Waals surface area contributed by atoms with Crippen LogP contribution in [0.25, 0.3) is 6.08 Å². The molecule has 1 rings (SSSR count). The average molecular weight is 298 g/mol. The van der Waals surface area contributed by atoms with Gasteiger partial charge in [-0.15, -0.1) is 0 Å². The fourth-order valence-corrected chi connectivity index (χ4v) is 1.72. The van der Waals surface area contributed by atoms with Crippen LogP contribution >= 0.6 is 0 Å². The summed E-state index contributed by atoms with van der Waals surface area (Å²) in [5, 5.41) is 10.9. The van der Waals surface area contributed by atoms with Crippen LogP contribution in [0.2, 0.25) is 0 Å². The topological polar surface area (TPSA) is 69.6 Å². The van der Waals surface area contributed by atoms with E-state index in [9.17, 15) is 18.4 Å². The molecule has 21 heavy (non-hydrogen) atoms. The van der Waals surface area contributed by atoms with Crippen LogP contribution in [-0.2, 0) is 9.59 Å². The molecule has 0 heterocycles. The van der Waals surface area contributed by atoms with Gasteiger partial charge in [0.25, 0.3) is 0 Å². The third-order valence-electron chi connectivity index (χ3n) is 2.79. The highest BCUT2D eigenvalue weighted by atomic mass is 19.1. The van der Waals surface area contributed by atoms with E-state index in [4.69, 9.17) is 5.11 Å². The number of carboxylic acid groups (broad SMARTS) is 1. The second-order valence-electron chi connectivity index (χ2n) is 4.35. The molecular weight excluding hydrogens is 282 g/mol. The second-order valence-corrected chi connectivity index (χ2v) is 4.35. The molecule has 2 N–H and O–H groups in total. The number of halogens is 2. The van der Waals surface area contributed by atoms with Gasteiger partial charge in [-0.05, 0) is 23.8 Å². The Labute approximate surface area is 120 Å². The minimum Gasteiger partial charge on any atom is -0.478 e. The third-order valence-corrected chi connectivity index (χ3v) is 2.79. The maximum absolute atomic E-state index is 13.9. The highest BCUT2D eigenvalue weighted by Gasteiger charge is 2.15. The molecule has 0 aliphatic rings. The lowest BCUT2D eigenvalue weighted by Gasteiger charge is -2.20. The van der Waals surface area contributed by atoms with Gasteiger partial charge >= 0.3 is 5.97 Å². The molecule has 0 unspecified atom stereocenters. The van der Waals surface area contributed by atoms with Gasteiger partial charge in [-0.2, -0.15) is 0 Å².